The van der Waals surface area contributed by atoms with E-state index >= 15 is 0 Å². The lowest BCUT2D eigenvalue weighted by atomic mass is 10.2. The number of carboxylic acids is 1. The molecule has 1 atom stereocenters. The number of nitrogens with one attached hydrogen (secondary N) is 1. The van der Waals surface area contributed by atoms with Crippen molar-refractivity contribution < 1.29 is 19.1 Å². The van der Waals surface area contributed by atoms with E-state index in [4.69, 9.17) is 5.11 Å². The van der Waals surface area contributed by atoms with Crippen LogP contribution in [-0.4, -0.2) is 28.8 Å². The van der Waals surface area contributed by atoms with Gasteiger partial charge in [-0.05, 0) is 30.7 Å². The number of hydrogen-bond acceptors (Lipinski definition) is 3. The molecule has 1 aromatic rings. The second-order valence-electron chi connectivity index (χ2n) is 3.73. The molecule has 6 heteroatoms. The van der Waals surface area contributed by atoms with E-state index in [-0.39, 0.29) is 23.9 Å². The maximum absolute atomic E-state index is 12.7. The predicted molar refractivity (Wildman–Crippen MR) is 71.5 cm³/mol. The first-order valence-electron chi connectivity index (χ1n) is 5.54. The van der Waals surface area contributed by atoms with Crippen LogP contribution in [0.5, 0.6) is 0 Å². The standard InChI is InChI=1S/C13H14FNO3S/c1-2-3-11(13(17)18)15-12(16)8-19-10-6-4-9(14)5-7-10/h2,4-7,11H,1,3,8H2,(H,15,16)(H,17,18). The topological polar surface area (TPSA) is 66.4 Å². The number of carboxylic acid groups (broad SMARTS) is 1. The number of carbonyl (C=O) groups is 2. The van der Waals surface area contributed by atoms with Gasteiger partial charge in [-0.25, -0.2) is 9.18 Å². The van der Waals surface area contributed by atoms with Crippen molar-refractivity contribution in [2.45, 2.75) is 17.4 Å². The molecule has 0 aromatic heterocycles. The molecule has 0 saturated heterocycles. The van der Waals surface area contributed by atoms with Crippen molar-refractivity contribution in [3.05, 3.63) is 42.7 Å². The van der Waals surface area contributed by atoms with Gasteiger partial charge in [-0.3, -0.25) is 4.79 Å². The smallest absolute Gasteiger partial charge is 0.326 e. The van der Waals surface area contributed by atoms with Crippen molar-refractivity contribution in [1.29, 1.82) is 0 Å². The molecule has 1 amide bonds. The number of hydrogen-bond donors (Lipinski definition) is 2. The molecule has 1 unspecified atom stereocenters. The van der Waals surface area contributed by atoms with Crippen LogP contribution in [0.4, 0.5) is 4.39 Å². The van der Waals surface area contributed by atoms with Gasteiger partial charge in [-0.2, -0.15) is 0 Å². The maximum atomic E-state index is 12.7. The zero-order valence-electron chi connectivity index (χ0n) is 10.1. The molecule has 4 nitrogen and oxygen atoms in total. The van der Waals surface area contributed by atoms with Crippen molar-refractivity contribution in [2.75, 3.05) is 5.75 Å². The molecule has 0 bridgehead atoms. The monoisotopic (exact) mass is 283 g/mol. The highest BCUT2D eigenvalue weighted by atomic mass is 32.2. The number of carbonyl (C=O) groups excluding carboxylic acids is 1. The van der Waals surface area contributed by atoms with Gasteiger partial charge in [-0.1, -0.05) is 6.08 Å². The number of rotatable bonds is 7. The van der Waals surface area contributed by atoms with Gasteiger partial charge >= 0.3 is 5.97 Å². The molecule has 0 saturated carbocycles. The minimum absolute atomic E-state index is 0.0759. The van der Waals surface area contributed by atoms with Crippen LogP contribution in [0, 0.1) is 5.82 Å². The van der Waals surface area contributed by atoms with Crippen LogP contribution < -0.4 is 5.32 Å². The Kier molecular flexibility index (Phi) is 6.08. The summed E-state index contributed by atoms with van der Waals surface area (Å²) in [7, 11) is 0. The summed E-state index contributed by atoms with van der Waals surface area (Å²) in [6.45, 7) is 3.44. The predicted octanol–water partition coefficient (Wildman–Crippen LogP) is 2.06. The quantitative estimate of drug-likeness (QED) is 0.594. The molecule has 0 spiro atoms. The van der Waals surface area contributed by atoms with E-state index in [9.17, 15) is 14.0 Å². The first kappa shape index (κ1) is 15.2. The Balaban J connectivity index is 2.44. The van der Waals surface area contributed by atoms with Crippen molar-refractivity contribution in [2.24, 2.45) is 0 Å². The summed E-state index contributed by atoms with van der Waals surface area (Å²) in [5, 5.41) is 11.3. The fourth-order valence-electron chi connectivity index (χ4n) is 1.30. The van der Waals surface area contributed by atoms with E-state index in [2.05, 4.69) is 11.9 Å². The van der Waals surface area contributed by atoms with E-state index in [0.29, 0.717) is 0 Å². The van der Waals surface area contributed by atoms with Crippen molar-refractivity contribution in [3.63, 3.8) is 0 Å². The van der Waals surface area contributed by atoms with Crippen LogP contribution in [-0.2, 0) is 9.59 Å². The number of aliphatic carboxylic acids is 1. The molecule has 1 rings (SSSR count). The molecular formula is C13H14FNO3S. The average Bonchev–Trinajstić information content (AvgIpc) is 2.37. The molecule has 102 valence electrons. The fraction of sp³-hybridized carbons (Fsp3) is 0.231. The molecule has 1 aromatic carbocycles. The molecule has 0 heterocycles. The summed E-state index contributed by atoms with van der Waals surface area (Å²) in [5.41, 5.74) is 0. The normalized spacial score (nSPS) is 11.6. The summed E-state index contributed by atoms with van der Waals surface area (Å²) in [6.07, 6.45) is 1.61. The highest BCUT2D eigenvalue weighted by Crippen LogP contribution is 2.17. The zero-order valence-corrected chi connectivity index (χ0v) is 11.0. The van der Waals surface area contributed by atoms with Crippen LogP contribution in [0.1, 0.15) is 6.42 Å². The number of amides is 1. The lowest BCUT2D eigenvalue weighted by Gasteiger charge is -2.12. The third-order valence-electron chi connectivity index (χ3n) is 2.22. The first-order valence-corrected chi connectivity index (χ1v) is 6.53. The van der Waals surface area contributed by atoms with E-state index < -0.39 is 12.0 Å². The molecular weight excluding hydrogens is 269 g/mol. The lowest BCUT2D eigenvalue weighted by molar-refractivity contribution is -0.141. The Hall–Kier alpha value is -1.82. The summed E-state index contributed by atoms with van der Waals surface area (Å²) in [5.74, 6) is -1.75. The van der Waals surface area contributed by atoms with E-state index in [0.717, 1.165) is 4.90 Å². The Bertz CT molecular complexity index is 461. The van der Waals surface area contributed by atoms with Crippen LogP contribution in [0.15, 0.2) is 41.8 Å². The number of benzene rings is 1. The summed E-state index contributed by atoms with van der Waals surface area (Å²) in [6, 6.07) is 4.77. The third kappa shape index (κ3) is 5.56. The SMILES string of the molecule is C=CCC(NC(=O)CSc1ccc(F)cc1)C(=O)O. The van der Waals surface area contributed by atoms with Gasteiger partial charge in [0.1, 0.15) is 11.9 Å². The highest BCUT2D eigenvalue weighted by molar-refractivity contribution is 8.00. The lowest BCUT2D eigenvalue weighted by Crippen LogP contribution is -2.41. The highest BCUT2D eigenvalue weighted by Gasteiger charge is 2.17. The molecule has 0 radical (unpaired) electrons. The number of thioether (sulfide) groups is 1. The Labute approximate surface area is 114 Å². The van der Waals surface area contributed by atoms with Crippen LogP contribution in [0.2, 0.25) is 0 Å². The van der Waals surface area contributed by atoms with Crippen molar-refractivity contribution >= 4 is 23.6 Å². The minimum atomic E-state index is -1.10. The van der Waals surface area contributed by atoms with Gasteiger partial charge in [0.2, 0.25) is 5.91 Å². The first-order chi connectivity index (χ1) is 9.02. The van der Waals surface area contributed by atoms with Crippen LogP contribution in [0.25, 0.3) is 0 Å². The van der Waals surface area contributed by atoms with Gasteiger partial charge in [0, 0.05) is 4.90 Å². The molecule has 0 aliphatic carbocycles. The Morgan fingerprint density at radius 3 is 2.58 bits per heavy atom. The van der Waals surface area contributed by atoms with E-state index in [1.807, 2.05) is 0 Å². The number of halogens is 1. The maximum Gasteiger partial charge on any atom is 0.326 e. The van der Waals surface area contributed by atoms with E-state index in [1.165, 1.54) is 30.0 Å². The Morgan fingerprint density at radius 1 is 1.42 bits per heavy atom. The summed E-state index contributed by atoms with van der Waals surface area (Å²) >= 11 is 1.21. The third-order valence-corrected chi connectivity index (χ3v) is 3.23. The molecule has 0 fully saturated rings. The fourth-order valence-corrected chi connectivity index (χ4v) is 2.01. The van der Waals surface area contributed by atoms with Crippen molar-refractivity contribution in [1.82, 2.24) is 5.32 Å². The molecule has 2 N–H and O–H groups in total. The van der Waals surface area contributed by atoms with Gasteiger partial charge in [0.15, 0.2) is 0 Å². The largest absolute Gasteiger partial charge is 0.480 e. The van der Waals surface area contributed by atoms with Gasteiger partial charge < -0.3 is 10.4 Å². The molecule has 19 heavy (non-hydrogen) atoms. The average molecular weight is 283 g/mol. The Morgan fingerprint density at radius 2 is 2.05 bits per heavy atom. The molecule has 0 aliphatic heterocycles. The summed E-state index contributed by atoms with van der Waals surface area (Å²) in [4.78, 5) is 23.1. The second kappa shape index (κ2) is 7.58. The van der Waals surface area contributed by atoms with Gasteiger partial charge in [-0.15, -0.1) is 18.3 Å². The molecule has 0 aliphatic rings. The zero-order chi connectivity index (χ0) is 14.3. The van der Waals surface area contributed by atoms with Crippen LogP contribution >= 0.6 is 11.8 Å². The van der Waals surface area contributed by atoms with Gasteiger partial charge in [0.05, 0.1) is 5.75 Å². The van der Waals surface area contributed by atoms with Crippen molar-refractivity contribution in [3.8, 4) is 0 Å². The van der Waals surface area contributed by atoms with Crippen LogP contribution in [0.3, 0.4) is 0 Å². The van der Waals surface area contributed by atoms with Gasteiger partial charge in [0.25, 0.3) is 0 Å². The summed E-state index contributed by atoms with van der Waals surface area (Å²) < 4.78 is 12.7. The van der Waals surface area contributed by atoms with E-state index in [1.54, 1.807) is 12.1 Å². The second-order valence-corrected chi connectivity index (χ2v) is 4.77. The minimum Gasteiger partial charge on any atom is -0.480 e.